The van der Waals surface area contributed by atoms with Crippen molar-refractivity contribution in [2.45, 2.75) is 37.1 Å². The second-order valence-corrected chi connectivity index (χ2v) is 9.63. The highest BCUT2D eigenvalue weighted by Crippen LogP contribution is 2.32. The van der Waals surface area contributed by atoms with Gasteiger partial charge in [0, 0.05) is 26.1 Å². The molecular formula is C23H28N4O5S. The third kappa shape index (κ3) is 5.63. The number of sulfonamides is 1. The van der Waals surface area contributed by atoms with E-state index in [-0.39, 0.29) is 10.8 Å². The van der Waals surface area contributed by atoms with Crippen molar-refractivity contribution in [3.63, 3.8) is 0 Å². The van der Waals surface area contributed by atoms with Crippen molar-refractivity contribution >= 4 is 27.0 Å². The Balaban J connectivity index is 1.15. The minimum absolute atomic E-state index is 0.0427. The zero-order chi connectivity index (χ0) is 23.3. The summed E-state index contributed by atoms with van der Waals surface area (Å²) in [6.07, 6.45) is 2.45. The van der Waals surface area contributed by atoms with Gasteiger partial charge in [0.25, 0.3) is 0 Å². The Morgan fingerprint density at radius 1 is 1.06 bits per heavy atom. The van der Waals surface area contributed by atoms with Gasteiger partial charge in [-0.05, 0) is 37.1 Å². The molecule has 1 aromatic heterocycles. The van der Waals surface area contributed by atoms with Gasteiger partial charge in [-0.15, -0.1) is 0 Å². The normalized spacial score (nSPS) is 13.2. The highest BCUT2D eigenvalue weighted by molar-refractivity contribution is 7.89. The van der Waals surface area contributed by atoms with Crippen LogP contribution in [0.25, 0.3) is 11.0 Å². The van der Waals surface area contributed by atoms with Gasteiger partial charge in [-0.1, -0.05) is 18.6 Å². The molecule has 0 aliphatic carbocycles. The fourth-order valence-corrected chi connectivity index (χ4v) is 4.78. The second-order valence-electron chi connectivity index (χ2n) is 7.87. The number of aryl methyl sites for hydroxylation is 1. The number of ether oxygens (including phenoxy) is 2. The molecule has 0 spiro atoms. The lowest BCUT2D eigenvalue weighted by molar-refractivity contribution is -0.121. The molecule has 9 nitrogen and oxygen atoms in total. The molecule has 1 amide bonds. The van der Waals surface area contributed by atoms with Crippen molar-refractivity contribution in [2.24, 2.45) is 7.05 Å². The Hall–Kier alpha value is -3.11. The van der Waals surface area contributed by atoms with Crippen LogP contribution in [0.1, 0.15) is 31.5 Å². The molecule has 0 saturated carbocycles. The maximum absolute atomic E-state index is 12.5. The number of aromatic nitrogens is 2. The zero-order valence-electron chi connectivity index (χ0n) is 18.5. The minimum Gasteiger partial charge on any atom is -0.486 e. The van der Waals surface area contributed by atoms with Crippen molar-refractivity contribution < 1.29 is 22.7 Å². The molecule has 3 aromatic rings. The largest absolute Gasteiger partial charge is 0.486 e. The van der Waals surface area contributed by atoms with Crippen molar-refractivity contribution in [1.82, 2.24) is 19.6 Å². The number of rotatable bonds is 10. The molecule has 1 aliphatic heterocycles. The van der Waals surface area contributed by atoms with Gasteiger partial charge in [0.15, 0.2) is 11.5 Å². The van der Waals surface area contributed by atoms with Gasteiger partial charge in [0.05, 0.1) is 22.5 Å². The Morgan fingerprint density at radius 3 is 2.67 bits per heavy atom. The first-order valence-corrected chi connectivity index (χ1v) is 12.5. The summed E-state index contributed by atoms with van der Waals surface area (Å²) >= 11 is 0. The highest BCUT2D eigenvalue weighted by Gasteiger charge is 2.19. The van der Waals surface area contributed by atoms with Crippen molar-refractivity contribution in [3.8, 4) is 11.5 Å². The fourth-order valence-electron chi connectivity index (χ4n) is 3.69. The van der Waals surface area contributed by atoms with Gasteiger partial charge < -0.3 is 19.4 Å². The number of nitrogens with zero attached hydrogens (tertiary/aromatic N) is 2. The van der Waals surface area contributed by atoms with Crippen LogP contribution in [0.3, 0.4) is 0 Å². The molecule has 2 aromatic carbocycles. The average Bonchev–Trinajstić information content (AvgIpc) is 3.15. The molecule has 0 radical (unpaired) electrons. The van der Waals surface area contributed by atoms with E-state index in [1.54, 1.807) is 6.07 Å². The van der Waals surface area contributed by atoms with E-state index in [0.29, 0.717) is 57.1 Å². The monoisotopic (exact) mass is 472 g/mol. The molecule has 33 heavy (non-hydrogen) atoms. The number of carbonyl (C=O) groups is 1. The van der Waals surface area contributed by atoms with Crippen LogP contribution in [0, 0.1) is 0 Å². The summed E-state index contributed by atoms with van der Waals surface area (Å²) in [5.41, 5.74) is 1.93. The number of hydrogen-bond donors (Lipinski definition) is 2. The summed E-state index contributed by atoms with van der Waals surface area (Å²) in [5, 5.41) is 2.91. The highest BCUT2D eigenvalue weighted by atomic mass is 32.2. The number of nitrogens with one attached hydrogen (secondary N) is 2. The number of benzene rings is 2. The van der Waals surface area contributed by atoms with Crippen LogP contribution in [0.15, 0.2) is 47.4 Å². The molecule has 0 atom stereocenters. The van der Waals surface area contributed by atoms with Gasteiger partial charge in [0.1, 0.15) is 19.0 Å². The summed E-state index contributed by atoms with van der Waals surface area (Å²) in [5.74, 6) is 1.75. The summed E-state index contributed by atoms with van der Waals surface area (Å²) in [6, 6.07) is 12.4. The molecule has 4 rings (SSSR count). The molecule has 0 unspecified atom stereocenters. The van der Waals surface area contributed by atoms with Crippen LogP contribution in [-0.2, 0) is 28.4 Å². The average molecular weight is 473 g/mol. The molecule has 2 heterocycles. The summed E-state index contributed by atoms with van der Waals surface area (Å²) in [4.78, 5) is 16.8. The molecule has 0 saturated heterocycles. The van der Waals surface area contributed by atoms with Gasteiger partial charge in [-0.25, -0.2) is 18.1 Å². The summed E-state index contributed by atoms with van der Waals surface area (Å²) < 4.78 is 40.4. The lowest BCUT2D eigenvalue weighted by atomic mass is 10.2. The SMILES string of the molecule is Cn1c(CNC(=O)CCCCCNS(=O)(=O)c2ccc3c(c2)OCCO3)nc2ccccc21. The van der Waals surface area contributed by atoms with E-state index in [0.717, 1.165) is 23.3 Å². The van der Waals surface area contributed by atoms with E-state index in [9.17, 15) is 13.2 Å². The van der Waals surface area contributed by atoms with E-state index < -0.39 is 10.0 Å². The smallest absolute Gasteiger partial charge is 0.240 e. The quantitative estimate of drug-likeness (QED) is 0.439. The standard InChI is InChI=1S/C23H28N4O5S/c1-27-19-8-5-4-7-18(19)26-22(27)16-24-23(28)9-3-2-6-12-25-33(29,30)17-10-11-20-21(15-17)32-14-13-31-20/h4-5,7-8,10-11,15,25H,2-3,6,9,12-14,16H2,1H3,(H,24,28). The van der Waals surface area contributed by atoms with Crippen LogP contribution in [-0.4, -0.2) is 43.6 Å². The molecule has 0 fully saturated rings. The number of imidazole rings is 1. The van der Waals surface area contributed by atoms with Gasteiger partial charge in [-0.2, -0.15) is 0 Å². The van der Waals surface area contributed by atoms with E-state index in [1.165, 1.54) is 12.1 Å². The number of hydrogen-bond acceptors (Lipinski definition) is 6. The third-order valence-corrected chi connectivity index (χ3v) is 6.98. The Kier molecular flexibility index (Phi) is 7.14. The Bertz CT molecular complexity index is 1240. The first-order chi connectivity index (χ1) is 15.9. The minimum atomic E-state index is -3.63. The van der Waals surface area contributed by atoms with E-state index >= 15 is 0 Å². The van der Waals surface area contributed by atoms with Crippen LogP contribution in [0.2, 0.25) is 0 Å². The first kappa shape index (κ1) is 23.1. The molecule has 0 bridgehead atoms. The first-order valence-electron chi connectivity index (χ1n) is 11.0. The summed E-state index contributed by atoms with van der Waals surface area (Å²) in [7, 11) is -1.69. The molecule has 2 N–H and O–H groups in total. The third-order valence-electron chi connectivity index (χ3n) is 5.52. The molecule has 10 heteroatoms. The topological polar surface area (TPSA) is 112 Å². The van der Waals surface area contributed by atoms with Crippen LogP contribution in [0.4, 0.5) is 0 Å². The van der Waals surface area contributed by atoms with Gasteiger partial charge >= 0.3 is 0 Å². The Morgan fingerprint density at radius 2 is 1.85 bits per heavy atom. The van der Waals surface area contributed by atoms with Crippen molar-refractivity contribution in [2.75, 3.05) is 19.8 Å². The van der Waals surface area contributed by atoms with E-state index in [1.807, 2.05) is 35.9 Å². The molecular weight excluding hydrogens is 444 g/mol. The van der Waals surface area contributed by atoms with Crippen LogP contribution in [0.5, 0.6) is 11.5 Å². The van der Waals surface area contributed by atoms with E-state index in [4.69, 9.17) is 9.47 Å². The molecule has 176 valence electrons. The lowest BCUT2D eigenvalue weighted by Crippen LogP contribution is -2.25. The van der Waals surface area contributed by atoms with E-state index in [2.05, 4.69) is 15.0 Å². The number of fused-ring (bicyclic) bond motifs is 2. The predicted molar refractivity (Wildman–Crippen MR) is 124 cm³/mol. The van der Waals surface area contributed by atoms with Crippen LogP contribution >= 0.6 is 0 Å². The number of para-hydroxylation sites is 2. The predicted octanol–water partition coefficient (Wildman–Crippen LogP) is 2.50. The maximum atomic E-state index is 12.5. The lowest BCUT2D eigenvalue weighted by Gasteiger charge is -2.18. The van der Waals surface area contributed by atoms with Gasteiger partial charge in [0.2, 0.25) is 15.9 Å². The zero-order valence-corrected chi connectivity index (χ0v) is 19.4. The number of carbonyl (C=O) groups excluding carboxylic acids is 1. The second kappa shape index (κ2) is 10.2. The van der Waals surface area contributed by atoms with Crippen molar-refractivity contribution in [1.29, 1.82) is 0 Å². The van der Waals surface area contributed by atoms with Gasteiger partial charge in [-0.3, -0.25) is 4.79 Å². The van der Waals surface area contributed by atoms with Crippen molar-refractivity contribution in [3.05, 3.63) is 48.3 Å². The summed E-state index contributed by atoms with van der Waals surface area (Å²) in [6.45, 7) is 1.53. The Labute approximate surface area is 193 Å². The maximum Gasteiger partial charge on any atom is 0.240 e. The van der Waals surface area contributed by atoms with Crippen LogP contribution < -0.4 is 19.5 Å². The molecule has 1 aliphatic rings. The number of unbranched alkanes of at least 4 members (excludes halogenated alkanes) is 2. The number of amides is 1. The fraction of sp³-hybridized carbons (Fsp3) is 0.391.